The molecule has 0 spiro atoms. The molecule has 0 bridgehead atoms. The molecule has 1 fully saturated rings. The number of aromatic nitrogens is 2. The molecule has 0 atom stereocenters. The summed E-state index contributed by atoms with van der Waals surface area (Å²) in [4.78, 5) is 4.47. The van der Waals surface area contributed by atoms with Crippen molar-refractivity contribution in [2.75, 3.05) is 0 Å². The summed E-state index contributed by atoms with van der Waals surface area (Å²) in [6.07, 6.45) is 5.68. The molecular formula is C14H19N3O2. The van der Waals surface area contributed by atoms with E-state index in [9.17, 15) is 0 Å². The van der Waals surface area contributed by atoms with Gasteiger partial charge in [-0.2, -0.15) is 4.98 Å². The van der Waals surface area contributed by atoms with E-state index in [0.717, 1.165) is 42.9 Å². The van der Waals surface area contributed by atoms with Crippen LogP contribution in [0.25, 0.3) is 11.5 Å². The summed E-state index contributed by atoms with van der Waals surface area (Å²) >= 11 is 0. The van der Waals surface area contributed by atoms with Crippen molar-refractivity contribution in [3.63, 3.8) is 0 Å². The minimum Gasteiger partial charge on any atom is -0.469 e. The molecule has 2 heterocycles. The zero-order chi connectivity index (χ0) is 13.5. The molecule has 0 saturated heterocycles. The van der Waals surface area contributed by atoms with Gasteiger partial charge in [0.05, 0.1) is 17.4 Å². The maximum absolute atomic E-state index is 6.44. The fourth-order valence-electron chi connectivity index (χ4n) is 2.64. The average Bonchev–Trinajstić information content (AvgIpc) is 3.01. The molecule has 0 aromatic carbocycles. The summed E-state index contributed by atoms with van der Waals surface area (Å²) < 4.78 is 10.6. The summed E-state index contributed by atoms with van der Waals surface area (Å²) in [6, 6.07) is 1.83. The lowest BCUT2D eigenvalue weighted by atomic mass is 9.77. The predicted molar refractivity (Wildman–Crippen MR) is 70.2 cm³/mol. The maximum Gasteiger partial charge on any atom is 0.261 e. The lowest BCUT2D eigenvalue weighted by Gasteiger charge is -2.33. The molecule has 5 nitrogen and oxygen atoms in total. The van der Waals surface area contributed by atoms with Gasteiger partial charge in [-0.05, 0) is 44.6 Å². The largest absolute Gasteiger partial charge is 0.469 e. The van der Waals surface area contributed by atoms with Gasteiger partial charge in [0.2, 0.25) is 0 Å². The van der Waals surface area contributed by atoms with Gasteiger partial charge in [0.15, 0.2) is 5.82 Å². The van der Waals surface area contributed by atoms with E-state index in [1.165, 1.54) is 0 Å². The predicted octanol–water partition coefficient (Wildman–Crippen LogP) is 3.00. The second-order valence-electron chi connectivity index (χ2n) is 5.65. The molecule has 0 aliphatic heterocycles. The lowest BCUT2D eigenvalue weighted by molar-refractivity contribution is 0.230. The fraction of sp³-hybridized carbons (Fsp3) is 0.571. The van der Waals surface area contributed by atoms with Crippen molar-refractivity contribution in [3.05, 3.63) is 23.9 Å². The molecule has 0 unspecified atom stereocenters. The Labute approximate surface area is 112 Å². The number of hydrogen-bond acceptors (Lipinski definition) is 5. The maximum atomic E-state index is 6.44. The Morgan fingerprint density at radius 3 is 2.74 bits per heavy atom. The molecule has 1 aliphatic carbocycles. The first-order chi connectivity index (χ1) is 9.08. The standard InChI is InChI=1S/C14H19N3O2/c1-9-3-6-14(15,7-4-9)13-16-12(19-17-13)11-5-8-18-10(11)2/h5,8-9H,3-4,6-7,15H2,1-2H3. The van der Waals surface area contributed by atoms with Crippen LogP contribution in [0, 0.1) is 12.8 Å². The minimum absolute atomic E-state index is 0.439. The van der Waals surface area contributed by atoms with Crippen LogP contribution in [0.1, 0.15) is 44.2 Å². The average molecular weight is 261 g/mol. The van der Waals surface area contributed by atoms with E-state index < -0.39 is 5.54 Å². The molecular weight excluding hydrogens is 242 g/mol. The second-order valence-corrected chi connectivity index (χ2v) is 5.65. The van der Waals surface area contributed by atoms with Crippen LogP contribution in [0.15, 0.2) is 21.3 Å². The third-order valence-electron chi connectivity index (χ3n) is 4.13. The van der Waals surface area contributed by atoms with Gasteiger partial charge in [0, 0.05) is 0 Å². The number of furan rings is 1. The van der Waals surface area contributed by atoms with E-state index in [2.05, 4.69) is 17.1 Å². The first-order valence-corrected chi connectivity index (χ1v) is 6.76. The van der Waals surface area contributed by atoms with E-state index in [4.69, 9.17) is 14.7 Å². The van der Waals surface area contributed by atoms with Crippen LogP contribution in [0.4, 0.5) is 0 Å². The first-order valence-electron chi connectivity index (χ1n) is 6.76. The molecule has 2 N–H and O–H groups in total. The van der Waals surface area contributed by atoms with Gasteiger partial charge in [0.1, 0.15) is 5.76 Å². The van der Waals surface area contributed by atoms with Gasteiger partial charge in [-0.25, -0.2) is 0 Å². The van der Waals surface area contributed by atoms with Crippen LogP contribution in [0.2, 0.25) is 0 Å². The van der Waals surface area contributed by atoms with Crippen LogP contribution in [-0.4, -0.2) is 10.1 Å². The van der Waals surface area contributed by atoms with Crippen molar-refractivity contribution in [2.45, 2.75) is 45.1 Å². The minimum atomic E-state index is -0.439. The van der Waals surface area contributed by atoms with Crippen molar-refractivity contribution in [3.8, 4) is 11.5 Å². The Morgan fingerprint density at radius 1 is 1.37 bits per heavy atom. The zero-order valence-corrected chi connectivity index (χ0v) is 11.3. The van der Waals surface area contributed by atoms with Crippen LogP contribution >= 0.6 is 0 Å². The molecule has 2 aromatic heterocycles. The van der Waals surface area contributed by atoms with Crippen LogP contribution in [-0.2, 0) is 5.54 Å². The molecule has 0 amide bonds. The van der Waals surface area contributed by atoms with Crippen LogP contribution in [0.5, 0.6) is 0 Å². The normalized spacial score (nSPS) is 27.6. The first kappa shape index (κ1) is 12.4. The Hall–Kier alpha value is -1.62. The van der Waals surface area contributed by atoms with Gasteiger partial charge in [-0.15, -0.1) is 0 Å². The molecule has 1 aliphatic rings. The number of nitrogens with zero attached hydrogens (tertiary/aromatic N) is 2. The van der Waals surface area contributed by atoms with Crippen molar-refractivity contribution in [1.82, 2.24) is 10.1 Å². The van der Waals surface area contributed by atoms with Gasteiger partial charge >= 0.3 is 0 Å². The van der Waals surface area contributed by atoms with E-state index in [1.54, 1.807) is 6.26 Å². The highest BCUT2D eigenvalue weighted by Gasteiger charge is 2.36. The number of nitrogens with two attached hydrogens (primary N) is 1. The van der Waals surface area contributed by atoms with Gasteiger partial charge in [-0.3, -0.25) is 0 Å². The zero-order valence-electron chi connectivity index (χ0n) is 11.3. The fourth-order valence-corrected chi connectivity index (χ4v) is 2.64. The third-order valence-corrected chi connectivity index (χ3v) is 4.13. The van der Waals surface area contributed by atoms with Crippen molar-refractivity contribution in [2.24, 2.45) is 11.7 Å². The summed E-state index contributed by atoms with van der Waals surface area (Å²) in [5.74, 6) is 2.62. The lowest BCUT2D eigenvalue weighted by Crippen LogP contribution is -2.41. The smallest absolute Gasteiger partial charge is 0.261 e. The molecule has 3 rings (SSSR count). The summed E-state index contributed by atoms with van der Waals surface area (Å²) in [5, 5.41) is 4.08. The van der Waals surface area contributed by atoms with Gasteiger partial charge < -0.3 is 14.7 Å². The molecule has 1 saturated carbocycles. The molecule has 102 valence electrons. The van der Waals surface area contributed by atoms with E-state index in [-0.39, 0.29) is 0 Å². The molecule has 5 heteroatoms. The summed E-state index contributed by atoms with van der Waals surface area (Å²) in [5.41, 5.74) is 6.84. The number of rotatable bonds is 2. The number of hydrogen-bond donors (Lipinski definition) is 1. The van der Waals surface area contributed by atoms with E-state index in [1.807, 2.05) is 13.0 Å². The highest BCUT2D eigenvalue weighted by Crippen LogP contribution is 2.36. The molecule has 0 radical (unpaired) electrons. The monoisotopic (exact) mass is 261 g/mol. The van der Waals surface area contributed by atoms with Gasteiger partial charge in [0.25, 0.3) is 5.89 Å². The topological polar surface area (TPSA) is 78.1 Å². The van der Waals surface area contributed by atoms with Crippen LogP contribution < -0.4 is 5.73 Å². The summed E-state index contributed by atoms with van der Waals surface area (Å²) in [7, 11) is 0. The molecule has 19 heavy (non-hydrogen) atoms. The Morgan fingerprint density at radius 2 is 2.11 bits per heavy atom. The SMILES string of the molecule is Cc1occc1-c1nc(C2(N)CCC(C)CC2)no1. The Balaban J connectivity index is 1.87. The Bertz CT molecular complexity index is 565. The van der Waals surface area contributed by atoms with Crippen molar-refractivity contribution >= 4 is 0 Å². The summed E-state index contributed by atoms with van der Waals surface area (Å²) in [6.45, 7) is 4.13. The van der Waals surface area contributed by atoms with E-state index in [0.29, 0.717) is 11.7 Å². The second kappa shape index (κ2) is 4.49. The Kier molecular flexibility index (Phi) is 2.93. The highest BCUT2D eigenvalue weighted by molar-refractivity contribution is 5.54. The highest BCUT2D eigenvalue weighted by atomic mass is 16.5. The van der Waals surface area contributed by atoms with Crippen molar-refractivity contribution in [1.29, 1.82) is 0 Å². The van der Waals surface area contributed by atoms with E-state index >= 15 is 0 Å². The third kappa shape index (κ3) is 2.18. The number of aryl methyl sites for hydroxylation is 1. The van der Waals surface area contributed by atoms with Crippen molar-refractivity contribution < 1.29 is 8.94 Å². The van der Waals surface area contributed by atoms with Crippen LogP contribution in [0.3, 0.4) is 0 Å². The quantitative estimate of drug-likeness (QED) is 0.899. The van der Waals surface area contributed by atoms with Gasteiger partial charge in [-0.1, -0.05) is 12.1 Å². The molecule has 2 aromatic rings.